The lowest BCUT2D eigenvalue weighted by molar-refractivity contribution is 0.335. The van der Waals surface area contributed by atoms with Gasteiger partial charge < -0.3 is 0 Å². The maximum Gasteiger partial charge on any atom is 0.124 e. The van der Waals surface area contributed by atoms with Gasteiger partial charge >= 0.3 is 0 Å². The Kier molecular flexibility index (Phi) is 3.75. The van der Waals surface area contributed by atoms with Crippen LogP contribution in [0.1, 0.15) is 31.7 Å². The quantitative estimate of drug-likeness (QED) is 0.653. The minimum Gasteiger partial charge on any atom is -0.207 e. The second-order valence-electron chi connectivity index (χ2n) is 5.06. The van der Waals surface area contributed by atoms with Crippen molar-refractivity contribution >= 4 is 31.9 Å². The summed E-state index contributed by atoms with van der Waals surface area (Å²) in [6.45, 7) is 2.32. The average molecular weight is 350 g/mol. The third kappa shape index (κ3) is 2.86. The maximum atomic E-state index is 13.0. The molecular formula is C13H15Br2F. The third-order valence-electron chi connectivity index (χ3n) is 3.41. The zero-order valence-electron chi connectivity index (χ0n) is 9.27. The highest BCUT2D eigenvalue weighted by atomic mass is 79.9. The van der Waals surface area contributed by atoms with Crippen molar-refractivity contribution in [3.05, 3.63) is 34.1 Å². The zero-order chi connectivity index (χ0) is 11.8. The Balaban J connectivity index is 2.14. The Labute approximate surface area is 113 Å². The predicted octanol–water partition coefficient (Wildman–Crippen LogP) is 5.08. The smallest absolute Gasteiger partial charge is 0.124 e. The molecule has 0 radical (unpaired) electrons. The van der Waals surface area contributed by atoms with Crippen molar-refractivity contribution in [2.75, 3.05) is 0 Å². The molecular weight excluding hydrogens is 335 g/mol. The first-order valence-electron chi connectivity index (χ1n) is 5.56. The van der Waals surface area contributed by atoms with Gasteiger partial charge in [-0.15, -0.1) is 0 Å². The Hall–Kier alpha value is 0.110. The van der Waals surface area contributed by atoms with Gasteiger partial charge in [-0.25, -0.2) is 4.39 Å². The van der Waals surface area contributed by atoms with E-state index >= 15 is 0 Å². The molecule has 1 aromatic rings. The molecule has 1 fully saturated rings. The number of rotatable bonds is 2. The van der Waals surface area contributed by atoms with Crippen molar-refractivity contribution in [3.63, 3.8) is 0 Å². The van der Waals surface area contributed by atoms with Gasteiger partial charge in [0, 0.05) is 9.30 Å². The molecule has 0 N–H and O–H groups in total. The van der Waals surface area contributed by atoms with Crippen LogP contribution in [0, 0.1) is 11.2 Å². The first-order valence-corrected chi connectivity index (χ1v) is 7.27. The summed E-state index contributed by atoms with van der Waals surface area (Å²) in [4.78, 5) is 0.650. The Morgan fingerprint density at radius 1 is 1.50 bits per heavy atom. The molecule has 1 aromatic carbocycles. The van der Waals surface area contributed by atoms with Crippen LogP contribution in [-0.4, -0.2) is 4.83 Å². The van der Waals surface area contributed by atoms with Gasteiger partial charge in [-0.05, 0) is 48.8 Å². The molecule has 1 aliphatic carbocycles. The first-order chi connectivity index (χ1) is 7.48. The molecule has 3 heteroatoms. The van der Waals surface area contributed by atoms with Crippen LogP contribution in [0.4, 0.5) is 4.39 Å². The number of alkyl halides is 1. The second-order valence-corrected chi connectivity index (χ2v) is 7.21. The molecule has 0 spiro atoms. The monoisotopic (exact) mass is 348 g/mol. The summed E-state index contributed by atoms with van der Waals surface area (Å²) in [7, 11) is 0. The third-order valence-corrected chi connectivity index (χ3v) is 4.93. The fourth-order valence-corrected chi connectivity index (χ4v) is 4.03. The number of hydrogen-bond donors (Lipinski definition) is 0. The van der Waals surface area contributed by atoms with Crippen LogP contribution < -0.4 is 0 Å². The summed E-state index contributed by atoms with van der Waals surface area (Å²) in [5.41, 5.74) is 1.57. The van der Waals surface area contributed by atoms with Crippen molar-refractivity contribution in [1.82, 2.24) is 0 Å². The highest BCUT2D eigenvalue weighted by Gasteiger charge is 2.34. The topological polar surface area (TPSA) is 0 Å². The fourth-order valence-electron chi connectivity index (χ4n) is 2.53. The number of hydrogen-bond acceptors (Lipinski definition) is 0. The molecule has 0 aliphatic heterocycles. The molecule has 2 atom stereocenters. The van der Waals surface area contributed by atoms with E-state index in [1.165, 1.54) is 24.8 Å². The average Bonchev–Trinajstić information content (AvgIpc) is 2.52. The van der Waals surface area contributed by atoms with Gasteiger partial charge in [-0.1, -0.05) is 44.8 Å². The van der Waals surface area contributed by atoms with E-state index in [1.54, 1.807) is 12.1 Å². The summed E-state index contributed by atoms with van der Waals surface area (Å²) in [6, 6.07) is 5.00. The Bertz CT molecular complexity index is 392. The summed E-state index contributed by atoms with van der Waals surface area (Å²) in [5.74, 6) is -0.175. The molecule has 1 saturated carbocycles. The lowest BCUT2D eigenvalue weighted by atomic mass is 9.82. The van der Waals surface area contributed by atoms with Crippen LogP contribution >= 0.6 is 31.9 Å². The molecule has 0 amide bonds. The molecule has 0 heterocycles. The van der Waals surface area contributed by atoms with E-state index in [0.29, 0.717) is 10.2 Å². The molecule has 16 heavy (non-hydrogen) atoms. The molecule has 0 saturated heterocycles. The number of benzene rings is 1. The van der Waals surface area contributed by atoms with Crippen LogP contribution in [0.25, 0.3) is 0 Å². The van der Waals surface area contributed by atoms with Crippen LogP contribution in [0.5, 0.6) is 0 Å². The summed E-state index contributed by atoms with van der Waals surface area (Å²) >= 11 is 7.13. The zero-order valence-corrected chi connectivity index (χ0v) is 12.4. The lowest BCUT2D eigenvalue weighted by Gasteiger charge is -2.24. The van der Waals surface area contributed by atoms with Gasteiger partial charge in [0.15, 0.2) is 0 Å². The van der Waals surface area contributed by atoms with Crippen molar-refractivity contribution in [3.8, 4) is 0 Å². The predicted molar refractivity (Wildman–Crippen MR) is 72.5 cm³/mol. The van der Waals surface area contributed by atoms with E-state index in [0.717, 1.165) is 10.9 Å². The van der Waals surface area contributed by atoms with Gasteiger partial charge in [0.05, 0.1) is 0 Å². The molecule has 2 unspecified atom stereocenters. The molecule has 2 rings (SSSR count). The highest BCUT2D eigenvalue weighted by Crippen LogP contribution is 2.44. The van der Waals surface area contributed by atoms with Gasteiger partial charge in [-0.3, -0.25) is 0 Å². The van der Waals surface area contributed by atoms with Gasteiger partial charge in [0.1, 0.15) is 5.82 Å². The van der Waals surface area contributed by atoms with E-state index in [-0.39, 0.29) is 5.82 Å². The fraction of sp³-hybridized carbons (Fsp3) is 0.538. The van der Waals surface area contributed by atoms with Crippen molar-refractivity contribution in [2.45, 2.75) is 37.4 Å². The van der Waals surface area contributed by atoms with Gasteiger partial charge in [0.25, 0.3) is 0 Å². The normalized spacial score (nSPS) is 29.6. The Morgan fingerprint density at radius 3 is 2.81 bits per heavy atom. The van der Waals surface area contributed by atoms with E-state index in [2.05, 4.69) is 38.8 Å². The molecule has 1 aliphatic rings. The summed E-state index contributed by atoms with van der Waals surface area (Å²) in [5, 5.41) is 0. The first kappa shape index (κ1) is 12.6. The van der Waals surface area contributed by atoms with Crippen molar-refractivity contribution in [1.29, 1.82) is 0 Å². The largest absolute Gasteiger partial charge is 0.207 e. The van der Waals surface area contributed by atoms with Crippen LogP contribution in [0.15, 0.2) is 22.7 Å². The lowest BCUT2D eigenvalue weighted by Crippen LogP contribution is -2.16. The van der Waals surface area contributed by atoms with Crippen molar-refractivity contribution < 1.29 is 4.39 Å². The van der Waals surface area contributed by atoms with Crippen LogP contribution in [0.2, 0.25) is 0 Å². The maximum absolute atomic E-state index is 13.0. The second kappa shape index (κ2) is 4.77. The van der Waals surface area contributed by atoms with Gasteiger partial charge in [0.2, 0.25) is 0 Å². The molecule has 88 valence electrons. The summed E-state index contributed by atoms with van der Waals surface area (Å²) in [6.07, 6.45) is 4.72. The van der Waals surface area contributed by atoms with E-state index < -0.39 is 0 Å². The SMILES string of the molecule is CC1(Cc2ccc(F)cc2Br)CCC(Br)C1. The standard InChI is InChI=1S/C13H15Br2F/c1-13(5-4-10(14)8-13)7-9-2-3-11(16)6-12(9)15/h2-3,6,10H,4-5,7-8H2,1H3. The minimum atomic E-state index is -0.175. The number of halogens is 3. The minimum absolute atomic E-state index is 0.175. The molecule has 0 nitrogen and oxygen atoms in total. The van der Waals surface area contributed by atoms with E-state index in [1.807, 2.05) is 6.07 Å². The van der Waals surface area contributed by atoms with E-state index in [9.17, 15) is 4.39 Å². The van der Waals surface area contributed by atoms with Gasteiger partial charge in [-0.2, -0.15) is 0 Å². The van der Waals surface area contributed by atoms with Crippen molar-refractivity contribution in [2.24, 2.45) is 5.41 Å². The van der Waals surface area contributed by atoms with Crippen LogP contribution in [0.3, 0.4) is 0 Å². The Morgan fingerprint density at radius 2 is 2.25 bits per heavy atom. The van der Waals surface area contributed by atoms with Crippen LogP contribution in [-0.2, 0) is 6.42 Å². The summed E-state index contributed by atoms with van der Waals surface area (Å²) < 4.78 is 13.9. The highest BCUT2D eigenvalue weighted by molar-refractivity contribution is 9.10. The van der Waals surface area contributed by atoms with E-state index in [4.69, 9.17) is 0 Å². The molecule has 0 aromatic heterocycles. The molecule has 0 bridgehead atoms.